The SMILES string of the molecule is Cc1cc(N(C)CCO)ccc1N=Nc1ccc(N)cc1. The summed E-state index contributed by atoms with van der Waals surface area (Å²) in [5.74, 6) is 0. The Balaban J connectivity index is 2.15. The predicted molar refractivity (Wildman–Crippen MR) is 86.6 cm³/mol. The number of nitrogens with zero attached hydrogens (tertiary/aromatic N) is 3. The first-order chi connectivity index (χ1) is 10.1. The fourth-order valence-corrected chi connectivity index (χ4v) is 1.92. The molecule has 0 aromatic heterocycles. The minimum absolute atomic E-state index is 0.133. The van der Waals surface area contributed by atoms with Crippen molar-refractivity contribution in [1.82, 2.24) is 0 Å². The zero-order valence-electron chi connectivity index (χ0n) is 12.3. The highest BCUT2D eigenvalue weighted by Gasteiger charge is 2.03. The van der Waals surface area contributed by atoms with Crippen molar-refractivity contribution < 1.29 is 5.11 Å². The van der Waals surface area contributed by atoms with Crippen LogP contribution in [0.5, 0.6) is 0 Å². The average molecular weight is 284 g/mol. The molecule has 0 spiro atoms. The van der Waals surface area contributed by atoms with Gasteiger partial charge in [-0.3, -0.25) is 0 Å². The van der Waals surface area contributed by atoms with E-state index in [4.69, 9.17) is 10.8 Å². The molecule has 0 radical (unpaired) electrons. The lowest BCUT2D eigenvalue weighted by Crippen LogP contribution is -2.20. The number of hydrogen-bond acceptors (Lipinski definition) is 5. The quantitative estimate of drug-likeness (QED) is 0.652. The van der Waals surface area contributed by atoms with Crippen molar-refractivity contribution in [3.8, 4) is 0 Å². The molecule has 2 aromatic carbocycles. The number of azo groups is 1. The maximum atomic E-state index is 8.97. The van der Waals surface area contributed by atoms with Gasteiger partial charge in [-0.05, 0) is 55.0 Å². The molecule has 21 heavy (non-hydrogen) atoms. The Bertz CT molecular complexity index is 623. The molecule has 5 heteroatoms. The van der Waals surface area contributed by atoms with Gasteiger partial charge in [0.15, 0.2) is 0 Å². The summed E-state index contributed by atoms with van der Waals surface area (Å²) < 4.78 is 0. The lowest BCUT2D eigenvalue weighted by molar-refractivity contribution is 0.304. The Morgan fingerprint density at radius 3 is 2.43 bits per heavy atom. The summed E-state index contributed by atoms with van der Waals surface area (Å²) in [5, 5.41) is 17.4. The minimum atomic E-state index is 0.133. The molecule has 5 nitrogen and oxygen atoms in total. The fraction of sp³-hybridized carbons (Fsp3) is 0.250. The number of rotatable bonds is 5. The average Bonchev–Trinajstić information content (AvgIpc) is 2.48. The van der Waals surface area contributed by atoms with Crippen molar-refractivity contribution in [3.05, 3.63) is 48.0 Å². The number of anilines is 2. The van der Waals surface area contributed by atoms with Crippen LogP contribution in [-0.4, -0.2) is 25.3 Å². The molecule has 0 fully saturated rings. The Morgan fingerprint density at radius 1 is 1.10 bits per heavy atom. The molecular weight excluding hydrogens is 264 g/mol. The summed E-state index contributed by atoms with van der Waals surface area (Å²) in [6.07, 6.45) is 0. The number of nitrogens with two attached hydrogens (primary N) is 1. The number of benzene rings is 2. The van der Waals surface area contributed by atoms with Crippen molar-refractivity contribution in [1.29, 1.82) is 0 Å². The van der Waals surface area contributed by atoms with E-state index in [1.165, 1.54) is 0 Å². The van der Waals surface area contributed by atoms with Crippen LogP contribution in [0, 0.1) is 6.92 Å². The first kappa shape index (κ1) is 15.0. The summed E-state index contributed by atoms with van der Waals surface area (Å²) >= 11 is 0. The van der Waals surface area contributed by atoms with Crippen LogP contribution in [0.4, 0.5) is 22.7 Å². The van der Waals surface area contributed by atoms with Crippen molar-refractivity contribution in [2.24, 2.45) is 10.2 Å². The number of likely N-dealkylation sites (N-methyl/N-ethyl adjacent to an activating group) is 1. The molecular formula is C16H20N4O. The molecule has 3 N–H and O–H groups in total. The van der Waals surface area contributed by atoms with Crippen LogP contribution in [0.3, 0.4) is 0 Å². The standard InChI is InChI=1S/C16H20N4O/c1-12-11-15(20(2)9-10-21)7-8-16(12)19-18-14-5-3-13(17)4-6-14/h3-8,11,21H,9-10,17H2,1-2H3. The molecule has 0 heterocycles. The van der Waals surface area contributed by atoms with Gasteiger partial charge in [-0.1, -0.05) is 0 Å². The van der Waals surface area contributed by atoms with Crippen LogP contribution in [0.15, 0.2) is 52.7 Å². The smallest absolute Gasteiger partial charge is 0.0887 e. The highest BCUT2D eigenvalue weighted by atomic mass is 16.3. The highest BCUT2D eigenvalue weighted by molar-refractivity contribution is 5.57. The molecule has 0 saturated heterocycles. The van der Waals surface area contributed by atoms with Gasteiger partial charge in [0.05, 0.1) is 18.0 Å². The molecule has 2 rings (SSSR count). The Hall–Kier alpha value is -2.40. The van der Waals surface area contributed by atoms with Gasteiger partial charge in [-0.15, -0.1) is 0 Å². The number of aryl methyl sites for hydroxylation is 1. The van der Waals surface area contributed by atoms with Crippen LogP contribution in [0.2, 0.25) is 0 Å². The minimum Gasteiger partial charge on any atom is -0.399 e. The molecule has 0 amide bonds. The maximum absolute atomic E-state index is 8.97. The summed E-state index contributed by atoms with van der Waals surface area (Å²) in [4.78, 5) is 1.99. The van der Waals surface area contributed by atoms with Gasteiger partial charge in [0.2, 0.25) is 0 Å². The molecule has 2 aromatic rings. The zero-order chi connectivity index (χ0) is 15.2. The van der Waals surface area contributed by atoms with Gasteiger partial charge in [-0.25, -0.2) is 0 Å². The van der Waals surface area contributed by atoms with Crippen molar-refractivity contribution in [2.45, 2.75) is 6.92 Å². The first-order valence-electron chi connectivity index (χ1n) is 6.80. The number of nitrogen functional groups attached to an aromatic ring is 1. The van der Waals surface area contributed by atoms with Crippen LogP contribution in [0.25, 0.3) is 0 Å². The Labute approximate surface area is 124 Å². The van der Waals surface area contributed by atoms with E-state index in [1.807, 2.05) is 49.2 Å². The van der Waals surface area contributed by atoms with Crippen molar-refractivity contribution in [3.63, 3.8) is 0 Å². The van der Waals surface area contributed by atoms with Gasteiger partial charge in [0.25, 0.3) is 0 Å². The molecule has 0 saturated carbocycles. The van der Waals surface area contributed by atoms with E-state index in [2.05, 4.69) is 10.2 Å². The largest absolute Gasteiger partial charge is 0.399 e. The third-order valence-electron chi connectivity index (χ3n) is 3.22. The van der Waals surface area contributed by atoms with E-state index < -0.39 is 0 Å². The number of hydrogen-bond donors (Lipinski definition) is 2. The second-order valence-electron chi connectivity index (χ2n) is 4.91. The van der Waals surface area contributed by atoms with E-state index >= 15 is 0 Å². The number of aliphatic hydroxyl groups excluding tert-OH is 1. The zero-order valence-corrected chi connectivity index (χ0v) is 12.3. The van der Waals surface area contributed by atoms with Gasteiger partial charge < -0.3 is 15.7 Å². The maximum Gasteiger partial charge on any atom is 0.0887 e. The second-order valence-corrected chi connectivity index (χ2v) is 4.91. The monoisotopic (exact) mass is 284 g/mol. The predicted octanol–water partition coefficient (Wildman–Crippen LogP) is 3.42. The van der Waals surface area contributed by atoms with Crippen molar-refractivity contribution in [2.75, 3.05) is 30.8 Å². The summed E-state index contributed by atoms with van der Waals surface area (Å²) in [6, 6.07) is 13.2. The summed E-state index contributed by atoms with van der Waals surface area (Å²) in [6.45, 7) is 2.73. The van der Waals surface area contributed by atoms with E-state index in [0.29, 0.717) is 12.2 Å². The van der Waals surface area contributed by atoms with Crippen LogP contribution >= 0.6 is 0 Å². The molecule has 0 unspecified atom stereocenters. The third-order valence-corrected chi connectivity index (χ3v) is 3.22. The summed E-state index contributed by atoms with van der Waals surface area (Å²) in [7, 11) is 1.94. The lowest BCUT2D eigenvalue weighted by atomic mass is 10.1. The topological polar surface area (TPSA) is 74.2 Å². The van der Waals surface area contributed by atoms with Gasteiger partial charge in [-0.2, -0.15) is 10.2 Å². The first-order valence-corrected chi connectivity index (χ1v) is 6.80. The third kappa shape index (κ3) is 4.03. The van der Waals surface area contributed by atoms with E-state index in [9.17, 15) is 0 Å². The van der Waals surface area contributed by atoms with Crippen LogP contribution in [0.1, 0.15) is 5.56 Å². The number of aliphatic hydroxyl groups is 1. The Morgan fingerprint density at radius 2 is 1.81 bits per heavy atom. The molecule has 0 aliphatic rings. The van der Waals surface area contributed by atoms with Gasteiger partial charge >= 0.3 is 0 Å². The van der Waals surface area contributed by atoms with Crippen LogP contribution in [-0.2, 0) is 0 Å². The van der Waals surface area contributed by atoms with Crippen LogP contribution < -0.4 is 10.6 Å². The Kier molecular flexibility index (Phi) is 4.90. The molecule has 0 bridgehead atoms. The fourth-order valence-electron chi connectivity index (χ4n) is 1.92. The van der Waals surface area contributed by atoms with E-state index in [1.54, 1.807) is 12.1 Å². The molecule has 110 valence electrons. The second kappa shape index (κ2) is 6.85. The highest BCUT2D eigenvalue weighted by Crippen LogP contribution is 2.26. The van der Waals surface area contributed by atoms with Crippen molar-refractivity contribution >= 4 is 22.7 Å². The van der Waals surface area contributed by atoms with E-state index in [-0.39, 0.29) is 6.61 Å². The van der Waals surface area contributed by atoms with Gasteiger partial charge in [0, 0.05) is 25.0 Å². The lowest BCUT2D eigenvalue weighted by Gasteiger charge is -2.18. The molecule has 0 atom stereocenters. The molecule has 0 aliphatic heterocycles. The summed E-state index contributed by atoms with van der Waals surface area (Å²) in [5.41, 5.74) is 10.0. The normalized spacial score (nSPS) is 11.0. The van der Waals surface area contributed by atoms with E-state index in [0.717, 1.165) is 22.6 Å². The van der Waals surface area contributed by atoms with Gasteiger partial charge in [0.1, 0.15) is 0 Å². The molecule has 0 aliphatic carbocycles.